The van der Waals surface area contributed by atoms with Gasteiger partial charge in [0.2, 0.25) is 0 Å². The zero-order valence-corrected chi connectivity index (χ0v) is 15.3. The van der Waals surface area contributed by atoms with Gasteiger partial charge in [0.15, 0.2) is 0 Å². The van der Waals surface area contributed by atoms with Gasteiger partial charge in [0.25, 0.3) is 0 Å². The largest absolute Gasteiger partial charge is 0.444 e. The molecule has 2 heterocycles. The maximum Gasteiger partial charge on any atom is 0.411 e. The van der Waals surface area contributed by atoms with Crippen molar-refractivity contribution in [3.05, 3.63) is 0 Å². The van der Waals surface area contributed by atoms with Crippen LogP contribution in [0.1, 0.15) is 67.2 Å². The minimum absolute atomic E-state index is 0.226. The van der Waals surface area contributed by atoms with Gasteiger partial charge in [-0.25, -0.2) is 9.00 Å². The van der Waals surface area contributed by atoms with Crippen molar-refractivity contribution < 1.29 is 13.7 Å². The van der Waals surface area contributed by atoms with Crippen LogP contribution >= 0.6 is 0 Å². The zero-order chi connectivity index (χ0) is 16.8. The van der Waals surface area contributed by atoms with Crippen LogP contribution in [0.25, 0.3) is 0 Å². The fraction of sp³-hybridized carbons (Fsp3) is 0.875. The molecule has 6 heteroatoms. The van der Waals surface area contributed by atoms with E-state index in [9.17, 15) is 9.00 Å². The lowest BCUT2D eigenvalue weighted by molar-refractivity contribution is 0.0175. The lowest BCUT2D eigenvalue weighted by atomic mass is 9.89. The third-order valence-electron chi connectivity index (χ3n) is 4.17. The highest BCUT2D eigenvalue weighted by atomic mass is 32.2. The average Bonchev–Trinajstić information content (AvgIpc) is 2.88. The topological polar surface area (TPSA) is 59.0 Å². The molecule has 0 saturated carbocycles. The van der Waals surface area contributed by atoms with Crippen molar-refractivity contribution in [1.82, 2.24) is 4.90 Å². The third kappa shape index (κ3) is 3.53. The molecule has 2 aliphatic heterocycles. The van der Waals surface area contributed by atoms with Crippen molar-refractivity contribution in [1.29, 1.82) is 0 Å². The van der Waals surface area contributed by atoms with E-state index in [0.717, 1.165) is 25.7 Å². The van der Waals surface area contributed by atoms with Crippen LogP contribution in [0, 0.1) is 0 Å². The Hall–Kier alpha value is -0.910. The molecule has 1 atom stereocenters. The predicted octanol–water partition coefficient (Wildman–Crippen LogP) is 3.45. The molecule has 0 aromatic rings. The highest BCUT2D eigenvalue weighted by Gasteiger charge is 2.54. The van der Waals surface area contributed by atoms with Crippen molar-refractivity contribution in [2.75, 3.05) is 0 Å². The molecular weight excluding hydrogens is 300 g/mol. The monoisotopic (exact) mass is 328 g/mol. The normalized spacial score (nSPS) is 30.1. The second-order valence-corrected chi connectivity index (χ2v) is 10.2. The number of carbonyl (C=O) groups excluding carboxylic acids is 1. The molecular formula is C16H28N2O3S. The molecule has 0 unspecified atom stereocenters. The quantitative estimate of drug-likeness (QED) is 0.729. The van der Waals surface area contributed by atoms with Gasteiger partial charge in [-0.1, -0.05) is 0 Å². The molecule has 1 amide bonds. The molecule has 2 rings (SSSR count). The summed E-state index contributed by atoms with van der Waals surface area (Å²) >= 11 is 0. The van der Waals surface area contributed by atoms with Gasteiger partial charge in [-0.15, -0.1) is 0 Å². The molecule has 0 aromatic heterocycles. The molecule has 5 nitrogen and oxygen atoms in total. The summed E-state index contributed by atoms with van der Waals surface area (Å²) < 4.78 is 21.6. The molecule has 22 heavy (non-hydrogen) atoms. The first kappa shape index (κ1) is 17.4. The highest BCUT2D eigenvalue weighted by molar-refractivity contribution is 7.85. The summed E-state index contributed by atoms with van der Waals surface area (Å²) in [5, 5.41) is 0. The Kier molecular flexibility index (Phi) is 4.46. The summed E-state index contributed by atoms with van der Waals surface area (Å²) in [4.78, 5) is 14.4. The standard InChI is InChI=1S/C16H28N2O3S/c1-14(2,3)21-13(19)18-12-7-9-16(18,10-8-12)11-17-22(20)15(4,5)6/h11-12H,7-10H2,1-6H3/t12?,16?,22-/m1/s1. The number of carbonyl (C=O) groups is 1. The van der Waals surface area contributed by atoms with Crippen LogP contribution in [-0.4, -0.2) is 43.3 Å². The summed E-state index contributed by atoms with van der Waals surface area (Å²) in [6, 6.07) is 0.226. The third-order valence-corrected chi connectivity index (χ3v) is 5.51. The average molecular weight is 328 g/mol. The van der Waals surface area contributed by atoms with Crippen LogP contribution in [0.2, 0.25) is 0 Å². The molecule has 2 aliphatic rings. The van der Waals surface area contributed by atoms with E-state index in [2.05, 4.69) is 4.40 Å². The Morgan fingerprint density at radius 2 is 1.77 bits per heavy atom. The van der Waals surface area contributed by atoms with Gasteiger partial charge in [-0.3, -0.25) is 4.90 Å². The van der Waals surface area contributed by atoms with E-state index >= 15 is 0 Å². The number of hydrogen-bond donors (Lipinski definition) is 0. The molecule has 2 fully saturated rings. The van der Waals surface area contributed by atoms with Gasteiger partial charge in [-0.2, -0.15) is 4.40 Å². The maximum absolute atomic E-state index is 12.5. The molecule has 0 radical (unpaired) electrons. The predicted molar refractivity (Wildman–Crippen MR) is 89.4 cm³/mol. The Labute approximate surface area is 136 Å². The van der Waals surface area contributed by atoms with Crippen molar-refractivity contribution in [3.8, 4) is 0 Å². The van der Waals surface area contributed by atoms with Crippen molar-refractivity contribution >= 4 is 23.3 Å². The Morgan fingerprint density at radius 1 is 1.23 bits per heavy atom. The van der Waals surface area contributed by atoms with Gasteiger partial charge in [0.1, 0.15) is 16.6 Å². The number of amides is 1. The number of hydrogen-bond acceptors (Lipinski definition) is 3. The first-order valence-electron chi connectivity index (χ1n) is 7.94. The summed E-state index contributed by atoms with van der Waals surface area (Å²) in [6.45, 7) is 11.3. The molecule has 0 aliphatic carbocycles. The van der Waals surface area contributed by atoms with E-state index in [1.807, 2.05) is 46.4 Å². The second kappa shape index (κ2) is 5.62. The van der Waals surface area contributed by atoms with Crippen LogP contribution in [0.3, 0.4) is 0 Å². The van der Waals surface area contributed by atoms with Gasteiger partial charge in [-0.05, 0) is 67.2 Å². The van der Waals surface area contributed by atoms with Crippen LogP contribution in [0.4, 0.5) is 4.79 Å². The highest BCUT2D eigenvalue weighted by Crippen LogP contribution is 2.46. The molecule has 2 saturated heterocycles. The molecule has 0 spiro atoms. The summed E-state index contributed by atoms with van der Waals surface area (Å²) in [5.74, 6) is 0. The summed E-state index contributed by atoms with van der Waals surface area (Å²) in [7, 11) is -1.30. The van der Waals surface area contributed by atoms with Crippen LogP contribution in [-0.2, 0) is 15.7 Å². The van der Waals surface area contributed by atoms with Crippen LogP contribution < -0.4 is 0 Å². The smallest absolute Gasteiger partial charge is 0.411 e. The number of nitrogens with zero attached hydrogens (tertiary/aromatic N) is 2. The zero-order valence-electron chi connectivity index (χ0n) is 14.5. The van der Waals surface area contributed by atoms with Crippen LogP contribution in [0.5, 0.6) is 0 Å². The maximum atomic E-state index is 12.5. The van der Waals surface area contributed by atoms with E-state index in [4.69, 9.17) is 4.74 Å². The number of rotatable bonds is 2. The molecule has 0 aromatic carbocycles. The first-order chi connectivity index (χ1) is 9.95. The lowest BCUT2D eigenvalue weighted by Gasteiger charge is -2.33. The fourth-order valence-electron chi connectivity index (χ4n) is 3.10. The molecule has 126 valence electrons. The van der Waals surface area contributed by atoms with Crippen molar-refractivity contribution in [2.24, 2.45) is 4.40 Å². The van der Waals surface area contributed by atoms with E-state index in [0.29, 0.717) is 0 Å². The number of fused-ring (bicyclic) bond motifs is 2. The minimum Gasteiger partial charge on any atom is -0.444 e. The van der Waals surface area contributed by atoms with Crippen LogP contribution in [0.15, 0.2) is 4.40 Å². The van der Waals surface area contributed by atoms with E-state index in [-0.39, 0.29) is 16.9 Å². The van der Waals surface area contributed by atoms with Gasteiger partial charge < -0.3 is 4.74 Å². The van der Waals surface area contributed by atoms with E-state index in [1.165, 1.54) is 0 Å². The number of ether oxygens (including phenoxy) is 1. The summed E-state index contributed by atoms with van der Waals surface area (Å²) in [5.41, 5.74) is -0.917. The molecule has 2 bridgehead atoms. The fourth-order valence-corrected chi connectivity index (χ4v) is 3.71. The van der Waals surface area contributed by atoms with Crippen molar-refractivity contribution in [3.63, 3.8) is 0 Å². The van der Waals surface area contributed by atoms with E-state index < -0.39 is 22.1 Å². The van der Waals surface area contributed by atoms with E-state index in [1.54, 1.807) is 6.21 Å². The van der Waals surface area contributed by atoms with Crippen molar-refractivity contribution in [2.45, 2.75) is 89.2 Å². The lowest BCUT2D eigenvalue weighted by Crippen LogP contribution is -2.48. The Morgan fingerprint density at radius 3 is 2.23 bits per heavy atom. The van der Waals surface area contributed by atoms with Gasteiger partial charge in [0, 0.05) is 12.3 Å². The summed E-state index contributed by atoms with van der Waals surface area (Å²) in [6.07, 6.45) is 5.16. The Balaban J connectivity index is 2.19. The van der Waals surface area contributed by atoms with Gasteiger partial charge in [0.05, 0.1) is 10.3 Å². The minimum atomic E-state index is -1.30. The second-order valence-electron chi connectivity index (χ2n) is 8.28. The van der Waals surface area contributed by atoms with Gasteiger partial charge >= 0.3 is 6.09 Å². The SMILES string of the molecule is CC(C)(C)OC(=O)N1C2CCC1(C=N[S@](=O)C(C)(C)C)CC2. The molecule has 0 N–H and O–H groups in total. The Bertz CT molecular complexity index is 495. The first-order valence-corrected chi connectivity index (χ1v) is 9.05.